The molecule has 3 aromatic rings. The van der Waals surface area contributed by atoms with Crippen molar-refractivity contribution in [2.45, 2.75) is 38.5 Å². The zero-order valence-electron chi connectivity index (χ0n) is 19.5. The predicted octanol–water partition coefficient (Wildman–Crippen LogP) is 5.72. The van der Waals surface area contributed by atoms with Gasteiger partial charge in [-0.1, -0.05) is 44.2 Å². The number of carbonyl (C=O) groups excluding carboxylic acids is 1. The molecular weight excluding hydrogens is 438 g/mol. The Morgan fingerprint density at radius 2 is 1.81 bits per heavy atom. The summed E-state index contributed by atoms with van der Waals surface area (Å²) in [6, 6.07) is 14.3. The molecule has 0 saturated heterocycles. The topological polar surface area (TPSA) is 45.7 Å². The lowest BCUT2D eigenvalue weighted by molar-refractivity contribution is -0.118. The van der Waals surface area contributed by atoms with E-state index in [1.807, 2.05) is 29.2 Å². The molecule has 0 N–H and O–H groups in total. The van der Waals surface area contributed by atoms with Gasteiger partial charge in [-0.05, 0) is 55.4 Å². The van der Waals surface area contributed by atoms with Gasteiger partial charge >= 0.3 is 0 Å². The number of methoxy groups -OCH3 is 1. The molecule has 1 aromatic heterocycles. The molecule has 5 nitrogen and oxygen atoms in total. The molecule has 1 heterocycles. The molecule has 0 saturated carbocycles. The first-order valence-electron chi connectivity index (χ1n) is 11.3. The first kappa shape index (κ1) is 24.6. The fourth-order valence-corrected chi connectivity index (χ4v) is 5.46. The molecule has 0 unspecified atom stereocenters. The van der Waals surface area contributed by atoms with Gasteiger partial charge in [0.2, 0.25) is 5.91 Å². The predicted molar refractivity (Wildman–Crippen MR) is 137 cm³/mol. The van der Waals surface area contributed by atoms with Crippen molar-refractivity contribution in [3.05, 3.63) is 48.0 Å². The largest absolute Gasteiger partial charge is 0.497 e. The third-order valence-corrected chi connectivity index (χ3v) is 7.64. The highest BCUT2D eigenvalue weighted by Gasteiger charge is 2.21. The molecule has 3 rings (SSSR count). The number of nitrogens with zero attached hydrogens (tertiary/aromatic N) is 3. The van der Waals surface area contributed by atoms with Crippen LogP contribution in [0.25, 0.3) is 10.2 Å². The van der Waals surface area contributed by atoms with E-state index in [0.717, 1.165) is 57.8 Å². The summed E-state index contributed by atoms with van der Waals surface area (Å²) in [6.45, 7) is 9.93. The van der Waals surface area contributed by atoms with Gasteiger partial charge in [0.25, 0.3) is 0 Å². The van der Waals surface area contributed by atoms with E-state index in [-0.39, 0.29) is 5.91 Å². The number of ether oxygens (including phenoxy) is 1. The fraction of sp³-hybridized carbons (Fsp3) is 0.440. The number of thioether (sulfide) groups is 1. The minimum Gasteiger partial charge on any atom is -0.497 e. The van der Waals surface area contributed by atoms with E-state index in [2.05, 4.69) is 43.9 Å². The van der Waals surface area contributed by atoms with Crippen molar-refractivity contribution < 1.29 is 9.53 Å². The van der Waals surface area contributed by atoms with Gasteiger partial charge < -0.3 is 9.64 Å². The smallest absolute Gasteiger partial charge is 0.229 e. The lowest BCUT2D eigenvalue weighted by atomic mass is 10.1. The zero-order valence-corrected chi connectivity index (χ0v) is 21.1. The average molecular weight is 472 g/mol. The number of amides is 1. The SMILES string of the molecule is CCc1cccc2sc(N(CCN(CC)CC)C(=O)CCSc3ccc(OC)cc3)nc12. The number of thiazole rings is 1. The first-order valence-corrected chi connectivity index (χ1v) is 13.1. The summed E-state index contributed by atoms with van der Waals surface area (Å²) in [5.41, 5.74) is 2.26. The Labute approximate surface area is 199 Å². The van der Waals surface area contributed by atoms with Crippen LogP contribution in [0.15, 0.2) is 47.4 Å². The van der Waals surface area contributed by atoms with Gasteiger partial charge in [-0.15, -0.1) is 11.8 Å². The van der Waals surface area contributed by atoms with Gasteiger partial charge in [0, 0.05) is 30.2 Å². The molecule has 0 radical (unpaired) electrons. The number of hydrogen-bond donors (Lipinski definition) is 0. The van der Waals surface area contributed by atoms with Crippen molar-refractivity contribution in [3.8, 4) is 5.75 Å². The molecule has 0 bridgehead atoms. The molecule has 1 amide bonds. The van der Waals surface area contributed by atoms with Crippen molar-refractivity contribution in [2.75, 3.05) is 43.9 Å². The second-order valence-electron chi connectivity index (χ2n) is 7.46. The van der Waals surface area contributed by atoms with Crippen LogP contribution in [-0.2, 0) is 11.2 Å². The number of fused-ring (bicyclic) bond motifs is 1. The van der Waals surface area contributed by atoms with Gasteiger partial charge in [0.15, 0.2) is 5.13 Å². The fourth-order valence-electron chi connectivity index (χ4n) is 3.57. The van der Waals surface area contributed by atoms with Crippen molar-refractivity contribution in [3.63, 3.8) is 0 Å². The van der Waals surface area contributed by atoms with Crippen LogP contribution in [0.4, 0.5) is 5.13 Å². The first-order chi connectivity index (χ1) is 15.6. The van der Waals surface area contributed by atoms with Gasteiger partial charge in [-0.2, -0.15) is 0 Å². The number of benzene rings is 2. The molecule has 32 heavy (non-hydrogen) atoms. The van der Waals surface area contributed by atoms with E-state index in [9.17, 15) is 4.79 Å². The highest BCUT2D eigenvalue weighted by Crippen LogP contribution is 2.32. The Kier molecular flexibility index (Phi) is 9.38. The van der Waals surface area contributed by atoms with Crippen LogP contribution < -0.4 is 9.64 Å². The highest BCUT2D eigenvalue weighted by atomic mass is 32.2. The Morgan fingerprint density at radius 3 is 2.47 bits per heavy atom. The zero-order chi connectivity index (χ0) is 22.9. The van der Waals surface area contributed by atoms with Gasteiger partial charge in [0.05, 0.1) is 17.3 Å². The van der Waals surface area contributed by atoms with E-state index in [1.54, 1.807) is 30.2 Å². The second kappa shape index (κ2) is 12.2. The average Bonchev–Trinajstić information content (AvgIpc) is 3.26. The summed E-state index contributed by atoms with van der Waals surface area (Å²) in [5, 5.41) is 0.813. The number of anilines is 1. The van der Waals surface area contributed by atoms with Crippen molar-refractivity contribution in [1.82, 2.24) is 9.88 Å². The normalized spacial score (nSPS) is 11.3. The maximum absolute atomic E-state index is 13.3. The quantitative estimate of drug-likeness (QED) is 0.316. The van der Waals surface area contributed by atoms with E-state index in [1.165, 1.54) is 5.56 Å². The summed E-state index contributed by atoms with van der Waals surface area (Å²) in [5.74, 6) is 1.71. The summed E-state index contributed by atoms with van der Waals surface area (Å²) in [4.78, 5) is 23.6. The van der Waals surface area contributed by atoms with Gasteiger partial charge in [0.1, 0.15) is 5.75 Å². The summed E-state index contributed by atoms with van der Waals surface area (Å²) in [7, 11) is 1.67. The van der Waals surface area contributed by atoms with Crippen LogP contribution in [-0.4, -0.2) is 54.8 Å². The number of likely N-dealkylation sites (N-methyl/N-ethyl adjacent to an activating group) is 1. The monoisotopic (exact) mass is 471 g/mol. The van der Waals surface area contributed by atoms with Crippen LogP contribution in [0.3, 0.4) is 0 Å². The maximum Gasteiger partial charge on any atom is 0.229 e. The van der Waals surface area contributed by atoms with Gasteiger partial charge in [-0.25, -0.2) is 4.98 Å². The Balaban J connectivity index is 1.73. The summed E-state index contributed by atoms with van der Waals surface area (Å²) in [6.07, 6.45) is 1.41. The summed E-state index contributed by atoms with van der Waals surface area (Å²) < 4.78 is 6.36. The van der Waals surface area contributed by atoms with E-state index >= 15 is 0 Å². The Morgan fingerprint density at radius 1 is 1.06 bits per heavy atom. The molecule has 7 heteroatoms. The standard InChI is InChI=1S/C25H33N3O2S2/c1-5-19-9-8-10-22-24(19)26-25(32-22)28(17-16-27(6-2)7-3)23(29)15-18-31-21-13-11-20(30-4)12-14-21/h8-14H,5-7,15-18H2,1-4H3. The molecule has 0 fully saturated rings. The molecule has 0 spiro atoms. The molecule has 172 valence electrons. The number of hydrogen-bond acceptors (Lipinski definition) is 6. The third-order valence-electron chi connectivity index (χ3n) is 5.58. The van der Waals surface area contributed by atoms with Crippen molar-refractivity contribution in [2.24, 2.45) is 0 Å². The molecule has 0 aliphatic heterocycles. The molecular formula is C25H33N3O2S2. The highest BCUT2D eigenvalue weighted by molar-refractivity contribution is 7.99. The molecule has 0 aliphatic rings. The third kappa shape index (κ3) is 6.24. The molecule has 0 atom stereocenters. The van der Waals surface area contributed by atoms with Crippen LogP contribution >= 0.6 is 23.1 Å². The number of rotatable bonds is 12. The van der Waals surface area contributed by atoms with Crippen molar-refractivity contribution in [1.29, 1.82) is 0 Å². The number of para-hydroxylation sites is 1. The Bertz CT molecular complexity index is 1000. The number of aryl methyl sites for hydroxylation is 1. The minimum atomic E-state index is 0.135. The minimum absolute atomic E-state index is 0.135. The molecule has 0 aliphatic carbocycles. The van der Waals surface area contributed by atoms with Crippen LogP contribution in [0.5, 0.6) is 5.75 Å². The van der Waals surface area contributed by atoms with E-state index < -0.39 is 0 Å². The lowest BCUT2D eigenvalue weighted by Gasteiger charge is -2.24. The van der Waals surface area contributed by atoms with Crippen molar-refractivity contribution >= 4 is 44.4 Å². The molecule has 2 aromatic carbocycles. The lowest BCUT2D eigenvalue weighted by Crippen LogP contribution is -2.39. The van der Waals surface area contributed by atoms with Crippen LogP contribution in [0.1, 0.15) is 32.8 Å². The second-order valence-corrected chi connectivity index (χ2v) is 9.64. The summed E-state index contributed by atoms with van der Waals surface area (Å²) >= 11 is 3.31. The van der Waals surface area contributed by atoms with E-state index in [4.69, 9.17) is 9.72 Å². The number of aromatic nitrogens is 1. The van der Waals surface area contributed by atoms with Gasteiger partial charge in [-0.3, -0.25) is 9.69 Å². The van der Waals surface area contributed by atoms with Crippen LogP contribution in [0.2, 0.25) is 0 Å². The Hall–Kier alpha value is -2.09. The van der Waals surface area contributed by atoms with Crippen LogP contribution in [0, 0.1) is 0 Å². The number of carbonyl (C=O) groups is 1. The maximum atomic E-state index is 13.3. The van der Waals surface area contributed by atoms with E-state index in [0.29, 0.717) is 13.0 Å².